The van der Waals surface area contributed by atoms with Crippen molar-refractivity contribution in [2.75, 3.05) is 39.2 Å². The maximum Gasteiger partial charge on any atom is 0.324 e. The number of cyclic esters (lactones) is 1. The lowest BCUT2D eigenvalue weighted by Crippen LogP contribution is -2.60. The number of nitrogens with two attached hydrogens (primary N) is 1. The summed E-state index contributed by atoms with van der Waals surface area (Å²) in [5, 5.41) is 19.3. The molecule has 3 atom stereocenters. The second-order valence-corrected chi connectivity index (χ2v) is 18.9. The first kappa shape index (κ1) is 49.9. The third-order valence-corrected chi connectivity index (χ3v) is 12.7. The molecule has 17 heteroatoms. The van der Waals surface area contributed by atoms with Crippen molar-refractivity contribution >= 4 is 46.2 Å². The quantitative estimate of drug-likeness (QED) is 0.0774. The van der Waals surface area contributed by atoms with Gasteiger partial charge in [-0.25, -0.2) is 10.4 Å². The largest absolute Gasteiger partial charge is 0.508 e. The number of esters is 1. The number of carbonyl (C=O) groups is 5. The molecule has 4 amide bonds. The Morgan fingerprint density at radius 1 is 1.07 bits per heavy atom. The number of amides is 4. The molecule has 3 aromatic heterocycles. The first-order valence-corrected chi connectivity index (χ1v) is 23.3. The molecule has 0 radical (unpaired) electrons. The van der Waals surface area contributed by atoms with Gasteiger partial charge in [0.15, 0.2) is 0 Å². The van der Waals surface area contributed by atoms with E-state index in [1.165, 1.54) is 35.3 Å². The van der Waals surface area contributed by atoms with Crippen LogP contribution in [0.5, 0.6) is 5.75 Å². The normalized spacial score (nSPS) is 17.6. The molecule has 1 fully saturated rings. The molecule has 6 N–H and O–H groups in total. The number of benzene rings is 2. The van der Waals surface area contributed by atoms with Gasteiger partial charge >= 0.3 is 5.97 Å². The van der Waals surface area contributed by atoms with Crippen LogP contribution in [0, 0.1) is 11.3 Å². The summed E-state index contributed by atoms with van der Waals surface area (Å²) in [6.07, 6.45) is 6.33. The van der Waals surface area contributed by atoms with E-state index in [1.54, 1.807) is 46.2 Å². The van der Waals surface area contributed by atoms with E-state index in [4.69, 9.17) is 15.2 Å². The SMILES string of the molecule is CCn1c(-c2cnccc2COC)c2c3cc(ccc31)-c1cc(O)cc(c1)C[C@H](NC(=O)C(=C(C)C)N(C)C(=O)c1ccc(NC(=O)[C@H](C)CN)cn1)C(=O)N1CCC[C@H](N1)C(=O)OCC(C)(C)C2. The van der Waals surface area contributed by atoms with Crippen LogP contribution in [0.15, 0.2) is 84.5 Å². The molecule has 0 saturated carbocycles. The van der Waals surface area contributed by atoms with Crippen LogP contribution in [-0.4, -0.2) is 105 Å². The van der Waals surface area contributed by atoms with Gasteiger partial charge in [0.05, 0.1) is 30.8 Å². The Labute approximate surface area is 402 Å². The van der Waals surface area contributed by atoms with Crippen LogP contribution >= 0.6 is 0 Å². The summed E-state index contributed by atoms with van der Waals surface area (Å²) in [5.41, 5.74) is 16.0. The van der Waals surface area contributed by atoms with Crippen LogP contribution < -0.4 is 21.8 Å². The molecule has 2 aliphatic rings. The molecule has 364 valence electrons. The number of nitrogens with zero attached hydrogens (tertiary/aromatic N) is 5. The molecule has 0 aliphatic carbocycles. The number of aryl methyl sites for hydroxylation is 1. The number of hydrogen-bond donors (Lipinski definition) is 5. The van der Waals surface area contributed by atoms with Crippen molar-refractivity contribution in [3.63, 3.8) is 0 Å². The highest BCUT2D eigenvalue weighted by atomic mass is 16.5. The fourth-order valence-corrected chi connectivity index (χ4v) is 9.11. The number of rotatable bonds is 11. The number of carbonyl (C=O) groups excluding carboxylic acids is 5. The molecule has 7 rings (SSSR count). The van der Waals surface area contributed by atoms with Crippen molar-refractivity contribution in [1.82, 2.24) is 35.2 Å². The molecule has 6 bridgehead atoms. The second kappa shape index (κ2) is 21.1. The van der Waals surface area contributed by atoms with Crippen LogP contribution in [0.4, 0.5) is 5.69 Å². The topological polar surface area (TPSA) is 223 Å². The van der Waals surface area contributed by atoms with Crippen molar-refractivity contribution in [3.8, 4) is 28.1 Å². The Balaban J connectivity index is 1.28. The van der Waals surface area contributed by atoms with E-state index >= 15 is 0 Å². The van der Waals surface area contributed by atoms with Crippen molar-refractivity contribution in [2.45, 2.75) is 92.5 Å². The number of anilines is 1. The fraction of sp³-hybridized carbons (Fsp3) is 0.404. The number of allylic oxidation sites excluding steroid dienone is 1. The highest BCUT2D eigenvalue weighted by Gasteiger charge is 2.36. The van der Waals surface area contributed by atoms with E-state index in [9.17, 15) is 29.1 Å². The Hall–Kier alpha value is -6.95. The number of hydrogen-bond acceptors (Lipinski definition) is 12. The first-order valence-electron chi connectivity index (χ1n) is 23.3. The molecule has 0 spiro atoms. The summed E-state index contributed by atoms with van der Waals surface area (Å²) >= 11 is 0. The van der Waals surface area contributed by atoms with E-state index < -0.39 is 47.1 Å². The van der Waals surface area contributed by atoms with Crippen molar-refractivity contribution in [1.29, 1.82) is 0 Å². The van der Waals surface area contributed by atoms with Gasteiger partial charge in [0.1, 0.15) is 29.2 Å². The van der Waals surface area contributed by atoms with Gasteiger partial charge in [-0.05, 0) is 116 Å². The Morgan fingerprint density at radius 3 is 2.55 bits per heavy atom. The van der Waals surface area contributed by atoms with Crippen molar-refractivity contribution in [3.05, 3.63) is 107 Å². The highest BCUT2D eigenvalue weighted by Crippen LogP contribution is 2.41. The number of nitrogens with one attached hydrogen (secondary N) is 3. The predicted molar refractivity (Wildman–Crippen MR) is 262 cm³/mol. The van der Waals surface area contributed by atoms with E-state index in [-0.39, 0.29) is 49.2 Å². The fourth-order valence-electron chi connectivity index (χ4n) is 9.11. The average Bonchev–Trinajstić information content (AvgIpc) is 3.63. The number of pyridine rings is 2. The van der Waals surface area contributed by atoms with E-state index in [0.29, 0.717) is 54.8 Å². The van der Waals surface area contributed by atoms with Crippen LogP contribution in [0.2, 0.25) is 0 Å². The number of methoxy groups -OCH3 is 1. The lowest BCUT2D eigenvalue weighted by Gasteiger charge is -2.36. The molecule has 5 aromatic rings. The molecular weight excluding hydrogens is 879 g/mol. The van der Waals surface area contributed by atoms with Crippen LogP contribution in [0.3, 0.4) is 0 Å². The zero-order valence-electron chi connectivity index (χ0n) is 40.6. The first-order chi connectivity index (χ1) is 32.9. The lowest BCUT2D eigenvalue weighted by molar-refractivity contribution is -0.155. The highest BCUT2D eigenvalue weighted by molar-refractivity contribution is 6.04. The minimum Gasteiger partial charge on any atom is -0.508 e. The van der Waals surface area contributed by atoms with Crippen LogP contribution in [-0.2, 0) is 54.6 Å². The van der Waals surface area contributed by atoms with Gasteiger partial charge in [-0.2, -0.15) is 0 Å². The predicted octanol–water partition coefficient (Wildman–Crippen LogP) is 5.89. The number of fused-ring (bicyclic) bond motifs is 6. The summed E-state index contributed by atoms with van der Waals surface area (Å²) in [6, 6.07) is 14.2. The molecule has 2 aromatic carbocycles. The third-order valence-electron chi connectivity index (χ3n) is 12.7. The summed E-state index contributed by atoms with van der Waals surface area (Å²) in [6.45, 7) is 12.8. The number of aromatic nitrogens is 3. The lowest BCUT2D eigenvalue weighted by atomic mass is 9.84. The summed E-state index contributed by atoms with van der Waals surface area (Å²) in [5.74, 6) is -3.11. The van der Waals surface area contributed by atoms with Crippen molar-refractivity contribution < 1.29 is 38.6 Å². The van der Waals surface area contributed by atoms with E-state index in [1.807, 2.05) is 24.4 Å². The number of ether oxygens (including phenoxy) is 2. The van der Waals surface area contributed by atoms with Gasteiger partial charge in [0.25, 0.3) is 17.7 Å². The minimum atomic E-state index is -1.24. The molecular formula is C52H63N9O8. The molecule has 69 heavy (non-hydrogen) atoms. The minimum absolute atomic E-state index is 0.00745. The van der Waals surface area contributed by atoms with E-state index in [2.05, 4.69) is 63.5 Å². The number of hydrazine groups is 1. The molecule has 0 unspecified atom stereocenters. The van der Waals surface area contributed by atoms with E-state index in [0.717, 1.165) is 38.9 Å². The number of aromatic hydroxyl groups is 1. The van der Waals surface area contributed by atoms with Crippen LogP contribution in [0.25, 0.3) is 33.3 Å². The zero-order valence-corrected chi connectivity index (χ0v) is 40.6. The van der Waals surface area contributed by atoms with Gasteiger partial charge in [-0.1, -0.05) is 32.9 Å². The zero-order chi connectivity index (χ0) is 49.7. The van der Waals surface area contributed by atoms with Gasteiger partial charge < -0.3 is 40.4 Å². The average molecular weight is 942 g/mol. The molecule has 17 nitrogen and oxygen atoms in total. The number of likely N-dealkylation sites (N-methyl/N-ethyl adjacent to an activating group) is 1. The maximum absolute atomic E-state index is 14.7. The number of phenols is 1. The summed E-state index contributed by atoms with van der Waals surface area (Å²) in [4.78, 5) is 79.4. The Bertz CT molecular complexity index is 2800. The molecule has 1 saturated heterocycles. The number of phenolic OH excluding ortho intramolecular Hbond substituents is 1. The second-order valence-electron chi connectivity index (χ2n) is 18.9. The third kappa shape index (κ3) is 11.0. The Kier molecular flexibility index (Phi) is 15.3. The van der Waals surface area contributed by atoms with Gasteiger partial charge in [-0.15, -0.1) is 0 Å². The summed E-state index contributed by atoms with van der Waals surface area (Å²) < 4.78 is 14.0. The monoisotopic (exact) mass is 941 g/mol. The van der Waals surface area contributed by atoms with Crippen molar-refractivity contribution in [2.24, 2.45) is 17.1 Å². The maximum atomic E-state index is 14.7. The molecule has 2 aliphatic heterocycles. The Morgan fingerprint density at radius 2 is 1.86 bits per heavy atom. The van der Waals surface area contributed by atoms with Gasteiger partial charge in [0.2, 0.25) is 5.91 Å². The molecule has 5 heterocycles. The summed E-state index contributed by atoms with van der Waals surface area (Å²) in [7, 11) is 3.11. The van der Waals surface area contributed by atoms with Crippen LogP contribution in [0.1, 0.15) is 81.6 Å². The smallest absolute Gasteiger partial charge is 0.324 e. The standard InChI is InChI=1S/C52H63N9O8/c1-9-60-44-15-12-33-23-38(44)39(46(60)40-27-54-17-16-34(40)28-68-8)24-52(5,6)29-69-51(67)42-11-10-18-61(58-42)50(66)43(21-32-19-35(33)22-37(62)20-32)57-48(64)45(30(2)3)59(7)49(65)41-14-13-36(26-55-41)56-47(63)31(4)25-53/h12-17,19-20,22-23,26-27,31,42-43,58,62H,9-11,18,21,24-25,28-29,53H2,1-8H3,(H,56,63)(H,57,64)/t31-,42+,43+/m1/s1. The van der Waals surface area contributed by atoms with Gasteiger partial charge in [0, 0.05) is 80.4 Å². The van der Waals surface area contributed by atoms with Gasteiger partial charge in [-0.3, -0.25) is 34.0 Å².